The zero-order valence-electron chi connectivity index (χ0n) is 10.3. The van der Waals surface area contributed by atoms with Crippen molar-refractivity contribution in [2.24, 2.45) is 0 Å². The number of hydrogen-bond donors (Lipinski definition) is 2. The van der Waals surface area contributed by atoms with Gasteiger partial charge in [-0.2, -0.15) is 0 Å². The van der Waals surface area contributed by atoms with Crippen molar-refractivity contribution in [3.05, 3.63) is 48.0 Å². The van der Waals surface area contributed by atoms with Gasteiger partial charge in [0.2, 0.25) is 0 Å². The lowest BCUT2D eigenvalue weighted by Crippen LogP contribution is -2.03. The molecule has 2 aromatic carbocycles. The largest absolute Gasteiger partial charge is 0.497 e. The second kappa shape index (κ2) is 5.30. The van der Waals surface area contributed by atoms with Gasteiger partial charge in [-0.05, 0) is 24.3 Å². The molecule has 0 aliphatic carbocycles. The molecule has 0 heterocycles. The molecule has 2 aromatic rings. The maximum absolute atomic E-state index is 11.0. The van der Waals surface area contributed by atoms with Crippen LogP contribution in [0, 0.1) is 0 Å². The highest BCUT2D eigenvalue weighted by atomic mass is 16.5. The summed E-state index contributed by atoms with van der Waals surface area (Å²) < 4.78 is 10.7. The number of hydrogen-bond acceptors (Lipinski definition) is 4. The molecule has 5 nitrogen and oxygen atoms in total. The SMILES string of the molecule is COc1cccc(Oc2cccc(C(=O)O)c2N)c1. The maximum Gasteiger partial charge on any atom is 0.337 e. The third kappa shape index (κ3) is 2.77. The van der Waals surface area contributed by atoms with Crippen molar-refractivity contribution < 1.29 is 19.4 Å². The van der Waals surface area contributed by atoms with Gasteiger partial charge in [-0.15, -0.1) is 0 Å². The van der Waals surface area contributed by atoms with Crippen LogP contribution in [0.2, 0.25) is 0 Å². The van der Waals surface area contributed by atoms with E-state index in [9.17, 15) is 4.79 Å². The van der Waals surface area contributed by atoms with E-state index >= 15 is 0 Å². The minimum absolute atomic E-state index is 0.0143. The van der Waals surface area contributed by atoms with Crippen molar-refractivity contribution >= 4 is 11.7 Å². The Hall–Kier alpha value is -2.69. The summed E-state index contributed by atoms with van der Waals surface area (Å²) in [5.41, 5.74) is 5.88. The van der Waals surface area contributed by atoms with Crippen LogP contribution in [0.3, 0.4) is 0 Å². The zero-order chi connectivity index (χ0) is 13.8. The fourth-order valence-corrected chi connectivity index (χ4v) is 1.61. The summed E-state index contributed by atoms with van der Waals surface area (Å²) in [4.78, 5) is 11.0. The molecule has 19 heavy (non-hydrogen) atoms. The first-order chi connectivity index (χ1) is 9.11. The lowest BCUT2D eigenvalue weighted by atomic mass is 10.1. The Bertz CT molecular complexity index is 610. The highest BCUT2D eigenvalue weighted by Gasteiger charge is 2.12. The molecule has 0 fully saturated rings. The van der Waals surface area contributed by atoms with Crippen LogP contribution in [0.5, 0.6) is 17.2 Å². The molecule has 0 bridgehead atoms. The number of nitrogen functional groups attached to an aromatic ring is 1. The molecule has 0 spiro atoms. The van der Waals surface area contributed by atoms with E-state index in [1.54, 1.807) is 43.5 Å². The first kappa shape index (κ1) is 12.8. The van der Waals surface area contributed by atoms with Gasteiger partial charge in [-0.3, -0.25) is 0 Å². The predicted molar refractivity (Wildman–Crippen MR) is 70.9 cm³/mol. The van der Waals surface area contributed by atoms with Crippen LogP contribution in [0.25, 0.3) is 0 Å². The first-order valence-electron chi connectivity index (χ1n) is 5.55. The van der Waals surface area contributed by atoms with Crippen molar-refractivity contribution in [3.8, 4) is 17.2 Å². The zero-order valence-corrected chi connectivity index (χ0v) is 10.3. The molecule has 3 N–H and O–H groups in total. The van der Waals surface area contributed by atoms with Crippen molar-refractivity contribution in [1.29, 1.82) is 0 Å². The molecule has 0 saturated carbocycles. The van der Waals surface area contributed by atoms with Crippen LogP contribution < -0.4 is 15.2 Å². The number of benzene rings is 2. The Labute approximate surface area is 110 Å². The number of nitrogens with two attached hydrogens (primary N) is 1. The van der Waals surface area contributed by atoms with Crippen molar-refractivity contribution in [2.75, 3.05) is 12.8 Å². The normalized spacial score (nSPS) is 9.95. The third-order valence-electron chi connectivity index (χ3n) is 2.57. The van der Waals surface area contributed by atoms with E-state index < -0.39 is 5.97 Å². The number of para-hydroxylation sites is 1. The molecule has 0 unspecified atom stereocenters. The molecule has 5 heteroatoms. The van der Waals surface area contributed by atoms with E-state index in [0.717, 1.165) is 0 Å². The molecule has 0 atom stereocenters. The van der Waals surface area contributed by atoms with Crippen LogP contribution in [0.1, 0.15) is 10.4 Å². The van der Waals surface area contributed by atoms with Crippen molar-refractivity contribution in [1.82, 2.24) is 0 Å². The first-order valence-corrected chi connectivity index (χ1v) is 5.55. The molecule has 0 aliphatic rings. The van der Waals surface area contributed by atoms with Crippen molar-refractivity contribution in [2.45, 2.75) is 0 Å². The molecule has 98 valence electrons. The standard InChI is InChI=1S/C14H13NO4/c1-18-9-4-2-5-10(8-9)19-12-7-3-6-11(13(12)15)14(16)17/h2-8H,15H2,1H3,(H,16,17). The van der Waals surface area contributed by atoms with E-state index in [1.807, 2.05) is 0 Å². The van der Waals surface area contributed by atoms with Crippen LogP contribution in [-0.2, 0) is 0 Å². The van der Waals surface area contributed by atoms with E-state index in [4.69, 9.17) is 20.3 Å². The highest BCUT2D eigenvalue weighted by Crippen LogP contribution is 2.31. The van der Waals surface area contributed by atoms with Gasteiger partial charge in [0.05, 0.1) is 18.4 Å². The fourth-order valence-electron chi connectivity index (χ4n) is 1.61. The molecule has 0 aromatic heterocycles. The molecular formula is C14H13NO4. The lowest BCUT2D eigenvalue weighted by Gasteiger charge is -2.10. The topological polar surface area (TPSA) is 81.8 Å². The van der Waals surface area contributed by atoms with Crippen LogP contribution in [0.15, 0.2) is 42.5 Å². The van der Waals surface area contributed by atoms with Gasteiger partial charge in [-0.25, -0.2) is 4.79 Å². The van der Waals surface area contributed by atoms with Gasteiger partial charge in [0, 0.05) is 6.07 Å². The number of carboxylic acid groups (broad SMARTS) is 1. The molecule has 2 rings (SSSR count). The van der Waals surface area contributed by atoms with Gasteiger partial charge in [0.1, 0.15) is 11.5 Å². The smallest absolute Gasteiger partial charge is 0.337 e. The molecule has 0 saturated heterocycles. The van der Waals surface area contributed by atoms with Crippen molar-refractivity contribution in [3.63, 3.8) is 0 Å². The highest BCUT2D eigenvalue weighted by molar-refractivity contribution is 5.95. The summed E-state index contributed by atoms with van der Waals surface area (Å²) in [5, 5.41) is 8.98. The average molecular weight is 259 g/mol. The Morgan fingerprint density at radius 2 is 1.84 bits per heavy atom. The molecule has 0 aliphatic heterocycles. The fraction of sp³-hybridized carbons (Fsp3) is 0.0714. The predicted octanol–water partition coefficient (Wildman–Crippen LogP) is 2.77. The van der Waals surface area contributed by atoms with Gasteiger partial charge in [0.15, 0.2) is 5.75 Å². The minimum atomic E-state index is -1.09. The average Bonchev–Trinajstić information content (AvgIpc) is 2.41. The summed E-state index contributed by atoms with van der Waals surface area (Å²) in [6.45, 7) is 0. The maximum atomic E-state index is 11.0. The number of rotatable bonds is 4. The Balaban J connectivity index is 2.33. The molecular weight excluding hydrogens is 246 g/mol. The Morgan fingerprint density at radius 3 is 2.53 bits per heavy atom. The molecule has 0 amide bonds. The van der Waals surface area contributed by atoms with Gasteiger partial charge in [0.25, 0.3) is 0 Å². The second-order valence-electron chi connectivity index (χ2n) is 3.80. The second-order valence-corrected chi connectivity index (χ2v) is 3.80. The Morgan fingerprint density at radius 1 is 1.16 bits per heavy atom. The number of carboxylic acids is 1. The summed E-state index contributed by atoms with van der Waals surface area (Å²) in [5.74, 6) is 0.376. The van der Waals surface area contributed by atoms with Gasteiger partial charge < -0.3 is 20.3 Å². The van der Waals surface area contributed by atoms with E-state index in [1.165, 1.54) is 6.07 Å². The number of carbonyl (C=O) groups is 1. The quantitative estimate of drug-likeness (QED) is 0.825. The van der Waals surface area contributed by atoms with Gasteiger partial charge >= 0.3 is 5.97 Å². The third-order valence-corrected chi connectivity index (χ3v) is 2.57. The number of aromatic carboxylic acids is 1. The van der Waals surface area contributed by atoms with E-state index in [2.05, 4.69) is 0 Å². The number of methoxy groups -OCH3 is 1. The van der Waals surface area contributed by atoms with Crippen LogP contribution >= 0.6 is 0 Å². The Kier molecular flexibility index (Phi) is 3.56. The summed E-state index contributed by atoms with van der Waals surface area (Å²) in [6, 6.07) is 11.6. The molecule has 0 radical (unpaired) electrons. The summed E-state index contributed by atoms with van der Waals surface area (Å²) >= 11 is 0. The number of ether oxygens (including phenoxy) is 2. The summed E-state index contributed by atoms with van der Waals surface area (Å²) in [6.07, 6.45) is 0. The minimum Gasteiger partial charge on any atom is -0.497 e. The van der Waals surface area contributed by atoms with E-state index in [-0.39, 0.29) is 11.3 Å². The number of anilines is 1. The van der Waals surface area contributed by atoms with Gasteiger partial charge in [-0.1, -0.05) is 12.1 Å². The summed E-state index contributed by atoms with van der Waals surface area (Å²) in [7, 11) is 1.55. The van der Waals surface area contributed by atoms with E-state index in [0.29, 0.717) is 17.2 Å². The lowest BCUT2D eigenvalue weighted by molar-refractivity contribution is 0.0697. The van der Waals surface area contributed by atoms with Crippen LogP contribution in [0.4, 0.5) is 5.69 Å². The van der Waals surface area contributed by atoms with Crippen LogP contribution in [-0.4, -0.2) is 18.2 Å². The monoisotopic (exact) mass is 259 g/mol.